The number of rotatable bonds is 7. The summed E-state index contributed by atoms with van der Waals surface area (Å²) in [6.07, 6.45) is 1.82. The van der Waals surface area contributed by atoms with Gasteiger partial charge in [0.05, 0.1) is 24.9 Å². The lowest BCUT2D eigenvalue weighted by molar-refractivity contribution is -0.120. The fraction of sp³-hybridized carbons (Fsp3) is 0.176. The molecule has 1 N–H and O–H groups in total. The summed E-state index contributed by atoms with van der Waals surface area (Å²) in [5.41, 5.74) is 1.79. The number of carbonyl (C=O) groups excluding carboxylic acids is 1. The molecule has 0 saturated heterocycles. The predicted molar refractivity (Wildman–Crippen MR) is 92.3 cm³/mol. The standard InChI is InChI=1S/C17H15FN2O2S2/c18-13-5-3-12(4-6-13)10-23-17-20-14(11-24-17)8-16(21)19-9-15-2-1-7-22-15/h1-7,11H,8-10H2,(H,19,21). The zero-order valence-corrected chi connectivity index (χ0v) is 14.3. The molecular formula is C17H15FN2O2S2. The SMILES string of the molecule is O=C(Cc1csc(SCc2ccc(F)cc2)n1)NCc1ccco1. The van der Waals surface area contributed by atoms with Crippen LogP contribution in [0.15, 0.2) is 56.8 Å². The highest BCUT2D eigenvalue weighted by molar-refractivity contribution is 8.00. The molecule has 0 fully saturated rings. The Labute approximate surface area is 147 Å². The molecule has 7 heteroatoms. The van der Waals surface area contributed by atoms with E-state index in [0.29, 0.717) is 6.54 Å². The van der Waals surface area contributed by atoms with Crippen LogP contribution in [0.1, 0.15) is 17.0 Å². The minimum Gasteiger partial charge on any atom is -0.467 e. The van der Waals surface area contributed by atoms with Gasteiger partial charge in [0.25, 0.3) is 0 Å². The maximum absolute atomic E-state index is 12.9. The molecule has 2 aromatic heterocycles. The van der Waals surface area contributed by atoms with Crippen molar-refractivity contribution in [2.75, 3.05) is 0 Å². The van der Waals surface area contributed by atoms with Gasteiger partial charge < -0.3 is 9.73 Å². The summed E-state index contributed by atoms with van der Waals surface area (Å²) in [6, 6.07) is 10.0. The molecule has 1 aromatic carbocycles. The molecule has 3 aromatic rings. The molecule has 0 aliphatic rings. The molecule has 0 unspecified atom stereocenters. The third kappa shape index (κ3) is 4.94. The van der Waals surface area contributed by atoms with E-state index in [9.17, 15) is 9.18 Å². The average molecular weight is 362 g/mol. The Balaban J connectivity index is 1.46. The number of thiazole rings is 1. The zero-order valence-electron chi connectivity index (χ0n) is 12.7. The number of aromatic nitrogens is 1. The van der Waals surface area contributed by atoms with Gasteiger partial charge in [-0.3, -0.25) is 4.79 Å². The van der Waals surface area contributed by atoms with Crippen LogP contribution >= 0.6 is 23.1 Å². The fourth-order valence-corrected chi connectivity index (χ4v) is 3.79. The van der Waals surface area contributed by atoms with Gasteiger partial charge >= 0.3 is 0 Å². The van der Waals surface area contributed by atoms with Crippen LogP contribution in [0.4, 0.5) is 4.39 Å². The Bertz CT molecular complexity index is 785. The van der Waals surface area contributed by atoms with E-state index in [1.807, 2.05) is 11.4 Å². The van der Waals surface area contributed by atoms with Gasteiger partial charge in [0.15, 0.2) is 0 Å². The van der Waals surface area contributed by atoms with E-state index in [1.54, 1.807) is 36.2 Å². The van der Waals surface area contributed by atoms with Gasteiger partial charge in [-0.2, -0.15) is 0 Å². The number of thioether (sulfide) groups is 1. The molecule has 124 valence electrons. The van der Waals surface area contributed by atoms with E-state index in [-0.39, 0.29) is 18.1 Å². The van der Waals surface area contributed by atoms with Crippen LogP contribution < -0.4 is 5.32 Å². The smallest absolute Gasteiger partial charge is 0.226 e. The Hall–Kier alpha value is -2.12. The second-order valence-corrected chi connectivity index (χ2v) is 7.13. The van der Waals surface area contributed by atoms with Gasteiger partial charge in [0.2, 0.25) is 5.91 Å². The van der Waals surface area contributed by atoms with Crippen molar-refractivity contribution in [1.29, 1.82) is 0 Å². The van der Waals surface area contributed by atoms with Gasteiger partial charge in [0, 0.05) is 11.1 Å². The molecule has 24 heavy (non-hydrogen) atoms. The second-order valence-electron chi connectivity index (χ2n) is 5.05. The number of nitrogens with zero attached hydrogens (tertiary/aromatic N) is 1. The van der Waals surface area contributed by atoms with E-state index < -0.39 is 0 Å². The summed E-state index contributed by atoms with van der Waals surface area (Å²) in [7, 11) is 0. The predicted octanol–water partition coefficient (Wildman–Crippen LogP) is 4.03. The van der Waals surface area contributed by atoms with Crippen molar-refractivity contribution in [2.45, 2.75) is 23.1 Å². The van der Waals surface area contributed by atoms with Crippen LogP contribution in [0, 0.1) is 5.82 Å². The Kier molecular flexibility index (Phi) is 5.66. The first-order chi connectivity index (χ1) is 11.7. The molecule has 0 saturated carbocycles. The van der Waals surface area contributed by atoms with Crippen molar-refractivity contribution in [2.24, 2.45) is 0 Å². The minimum atomic E-state index is -0.235. The Morgan fingerprint density at radius 1 is 1.29 bits per heavy atom. The topological polar surface area (TPSA) is 55.1 Å². The average Bonchev–Trinajstić information content (AvgIpc) is 3.24. The molecule has 0 spiro atoms. The monoisotopic (exact) mass is 362 g/mol. The van der Waals surface area contributed by atoms with Gasteiger partial charge in [-0.1, -0.05) is 23.9 Å². The van der Waals surface area contributed by atoms with Gasteiger partial charge in [-0.25, -0.2) is 9.37 Å². The van der Waals surface area contributed by atoms with Crippen LogP contribution in [-0.4, -0.2) is 10.9 Å². The third-order valence-corrected chi connectivity index (χ3v) is 5.33. The lowest BCUT2D eigenvalue weighted by Gasteiger charge is -2.01. The lowest BCUT2D eigenvalue weighted by Crippen LogP contribution is -2.24. The van der Waals surface area contributed by atoms with Crippen molar-refractivity contribution in [3.8, 4) is 0 Å². The highest BCUT2D eigenvalue weighted by Crippen LogP contribution is 2.26. The quantitative estimate of drug-likeness (QED) is 0.645. The molecular weight excluding hydrogens is 347 g/mol. The number of hydrogen-bond acceptors (Lipinski definition) is 5. The summed E-state index contributed by atoms with van der Waals surface area (Å²) in [5.74, 6) is 1.11. The summed E-state index contributed by atoms with van der Waals surface area (Å²) >= 11 is 3.09. The molecule has 3 rings (SSSR count). The normalized spacial score (nSPS) is 10.7. The maximum atomic E-state index is 12.9. The van der Waals surface area contributed by atoms with Gasteiger partial charge in [-0.05, 0) is 29.8 Å². The number of carbonyl (C=O) groups is 1. The molecule has 0 aliphatic carbocycles. The van der Waals surface area contributed by atoms with Crippen molar-refractivity contribution >= 4 is 29.0 Å². The fourth-order valence-electron chi connectivity index (χ4n) is 1.99. The zero-order chi connectivity index (χ0) is 16.8. The molecule has 0 aliphatic heterocycles. The maximum Gasteiger partial charge on any atom is 0.226 e. The lowest BCUT2D eigenvalue weighted by atomic mass is 10.2. The first-order valence-electron chi connectivity index (χ1n) is 7.30. The molecule has 1 amide bonds. The van der Waals surface area contributed by atoms with Crippen molar-refractivity contribution in [3.05, 3.63) is 70.9 Å². The van der Waals surface area contributed by atoms with Crippen LogP contribution in [0.3, 0.4) is 0 Å². The van der Waals surface area contributed by atoms with E-state index in [0.717, 1.165) is 27.1 Å². The van der Waals surface area contributed by atoms with Gasteiger partial charge in [-0.15, -0.1) is 11.3 Å². The summed E-state index contributed by atoms with van der Waals surface area (Å²) < 4.78 is 18.9. The highest BCUT2D eigenvalue weighted by Gasteiger charge is 2.09. The minimum absolute atomic E-state index is 0.0909. The van der Waals surface area contributed by atoms with E-state index >= 15 is 0 Å². The summed E-state index contributed by atoms with van der Waals surface area (Å²) in [5, 5.41) is 4.68. The number of hydrogen-bond donors (Lipinski definition) is 1. The third-order valence-electron chi connectivity index (χ3n) is 3.19. The van der Waals surface area contributed by atoms with Crippen molar-refractivity contribution < 1.29 is 13.6 Å². The van der Waals surface area contributed by atoms with E-state index in [4.69, 9.17) is 4.42 Å². The Morgan fingerprint density at radius 3 is 2.88 bits per heavy atom. The molecule has 0 bridgehead atoms. The molecule has 0 atom stereocenters. The van der Waals surface area contributed by atoms with E-state index in [2.05, 4.69) is 10.3 Å². The van der Waals surface area contributed by atoms with Crippen molar-refractivity contribution in [3.63, 3.8) is 0 Å². The largest absolute Gasteiger partial charge is 0.467 e. The van der Waals surface area contributed by atoms with Crippen LogP contribution in [0.5, 0.6) is 0 Å². The Morgan fingerprint density at radius 2 is 2.12 bits per heavy atom. The van der Waals surface area contributed by atoms with E-state index in [1.165, 1.54) is 23.5 Å². The summed E-state index contributed by atoms with van der Waals surface area (Å²) in [4.78, 5) is 16.3. The number of halogens is 1. The second kappa shape index (κ2) is 8.12. The first kappa shape index (κ1) is 16.7. The van der Waals surface area contributed by atoms with Crippen molar-refractivity contribution in [1.82, 2.24) is 10.3 Å². The number of furan rings is 1. The molecule has 4 nitrogen and oxygen atoms in total. The summed E-state index contributed by atoms with van der Waals surface area (Å²) in [6.45, 7) is 0.377. The van der Waals surface area contributed by atoms with Crippen LogP contribution in [-0.2, 0) is 23.5 Å². The number of amides is 1. The van der Waals surface area contributed by atoms with Gasteiger partial charge in [0.1, 0.15) is 15.9 Å². The number of nitrogens with one attached hydrogen (secondary N) is 1. The van der Waals surface area contributed by atoms with Crippen LogP contribution in [0.2, 0.25) is 0 Å². The highest BCUT2D eigenvalue weighted by atomic mass is 32.2. The molecule has 0 radical (unpaired) electrons. The van der Waals surface area contributed by atoms with Crippen LogP contribution in [0.25, 0.3) is 0 Å². The first-order valence-corrected chi connectivity index (χ1v) is 9.16. The number of benzene rings is 1. The molecule has 2 heterocycles.